The highest BCUT2D eigenvalue weighted by Gasteiger charge is 2.29. The summed E-state index contributed by atoms with van der Waals surface area (Å²) in [6.07, 6.45) is 1.01. The van der Waals surface area contributed by atoms with Crippen LogP contribution in [0.5, 0.6) is 0 Å². The van der Waals surface area contributed by atoms with Gasteiger partial charge in [0.25, 0.3) is 0 Å². The lowest BCUT2D eigenvalue weighted by Crippen LogP contribution is -2.31. The molecule has 0 spiro atoms. The molecule has 2 rings (SSSR count). The summed E-state index contributed by atoms with van der Waals surface area (Å²) in [5.41, 5.74) is 1.98. The van der Waals surface area contributed by atoms with Gasteiger partial charge in [0.05, 0.1) is 13.7 Å². The van der Waals surface area contributed by atoms with Crippen LogP contribution in [0.3, 0.4) is 0 Å². The molecule has 22 heavy (non-hydrogen) atoms. The number of hydrogen-bond acceptors (Lipinski definition) is 3. The third kappa shape index (κ3) is 4.06. The van der Waals surface area contributed by atoms with E-state index in [-0.39, 0.29) is 5.92 Å². The van der Waals surface area contributed by atoms with Gasteiger partial charge in [0, 0.05) is 5.92 Å². The van der Waals surface area contributed by atoms with Crippen molar-refractivity contribution in [3.8, 4) is 0 Å². The molecule has 0 aliphatic heterocycles. The number of carbonyl (C=O) groups is 1. The monoisotopic (exact) mass is 296 g/mol. The zero-order valence-corrected chi connectivity index (χ0v) is 12.6. The number of benzene rings is 2. The quantitative estimate of drug-likeness (QED) is 0.577. The standard InChI is InChI=1S/C19H20O3/c1-3-17(16-12-8-5-9-13-16)18(19(20)21-2)22-14-15-10-6-4-7-11-15/h3-13,17-18H,1,14H2,2H3/t17-,18+/m1/s1. The topological polar surface area (TPSA) is 35.5 Å². The van der Waals surface area contributed by atoms with Crippen molar-refractivity contribution in [2.45, 2.75) is 18.6 Å². The van der Waals surface area contributed by atoms with Crippen LogP contribution in [0.25, 0.3) is 0 Å². The normalized spacial score (nSPS) is 13.1. The van der Waals surface area contributed by atoms with E-state index >= 15 is 0 Å². The van der Waals surface area contributed by atoms with Gasteiger partial charge in [0.2, 0.25) is 0 Å². The molecular weight excluding hydrogens is 276 g/mol. The summed E-state index contributed by atoms with van der Waals surface area (Å²) in [7, 11) is 1.37. The Morgan fingerprint density at radius 3 is 2.23 bits per heavy atom. The van der Waals surface area contributed by atoms with Crippen LogP contribution in [0.2, 0.25) is 0 Å². The Kier molecular flexibility index (Phi) is 5.92. The Balaban J connectivity index is 2.17. The summed E-state index contributed by atoms with van der Waals surface area (Å²) in [5.74, 6) is -0.651. The Morgan fingerprint density at radius 2 is 1.68 bits per heavy atom. The summed E-state index contributed by atoms with van der Waals surface area (Å²) in [5, 5.41) is 0. The van der Waals surface area contributed by atoms with Crippen LogP contribution in [0.4, 0.5) is 0 Å². The average molecular weight is 296 g/mol. The minimum atomic E-state index is -0.717. The molecule has 0 aromatic heterocycles. The molecular formula is C19H20O3. The lowest BCUT2D eigenvalue weighted by atomic mass is 9.93. The first-order chi connectivity index (χ1) is 10.8. The lowest BCUT2D eigenvalue weighted by molar-refractivity contribution is -0.155. The third-order valence-electron chi connectivity index (χ3n) is 3.47. The fourth-order valence-corrected chi connectivity index (χ4v) is 2.30. The number of carbonyl (C=O) groups excluding carboxylic acids is 1. The first-order valence-corrected chi connectivity index (χ1v) is 7.17. The van der Waals surface area contributed by atoms with Crippen molar-refractivity contribution in [3.63, 3.8) is 0 Å². The van der Waals surface area contributed by atoms with Crippen LogP contribution >= 0.6 is 0 Å². The average Bonchev–Trinajstić information content (AvgIpc) is 2.59. The minimum Gasteiger partial charge on any atom is -0.467 e. The zero-order valence-electron chi connectivity index (χ0n) is 12.6. The maximum Gasteiger partial charge on any atom is 0.335 e. The Labute approximate surface area is 131 Å². The first-order valence-electron chi connectivity index (χ1n) is 7.17. The van der Waals surface area contributed by atoms with Gasteiger partial charge in [-0.2, -0.15) is 0 Å². The van der Waals surface area contributed by atoms with Gasteiger partial charge >= 0.3 is 5.97 Å². The Bertz CT molecular complexity index is 593. The van der Waals surface area contributed by atoms with Gasteiger partial charge in [-0.15, -0.1) is 6.58 Å². The Hall–Kier alpha value is -2.39. The molecule has 0 unspecified atom stereocenters. The number of ether oxygens (including phenoxy) is 2. The molecule has 0 aliphatic carbocycles. The molecule has 3 nitrogen and oxygen atoms in total. The van der Waals surface area contributed by atoms with E-state index in [1.54, 1.807) is 6.08 Å². The van der Waals surface area contributed by atoms with Gasteiger partial charge in [-0.3, -0.25) is 0 Å². The van der Waals surface area contributed by atoms with Crippen LogP contribution in [0.1, 0.15) is 17.0 Å². The van der Waals surface area contributed by atoms with E-state index in [2.05, 4.69) is 6.58 Å². The lowest BCUT2D eigenvalue weighted by Gasteiger charge is -2.23. The van der Waals surface area contributed by atoms with Gasteiger partial charge in [-0.05, 0) is 11.1 Å². The highest BCUT2D eigenvalue weighted by molar-refractivity contribution is 5.76. The second-order valence-electron chi connectivity index (χ2n) is 4.91. The second-order valence-corrected chi connectivity index (χ2v) is 4.91. The van der Waals surface area contributed by atoms with Gasteiger partial charge in [0.1, 0.15) is 0 Å². The van der Waals surface area contributed by atoms with Crippen LogP contribution in [0, 0.1) is 0 Å². The molecule has 3 heteroatoms. The van der Waals surface area contributed by atoms with Crippen LogP contribution in [-0.2, 0) is 20.9 Å². The van der Waals surface area contributed by atoms with Crippen LogP contribution in [-0.4, -0.2) is 19.2 Å². The summed E-state index contributed by atoms with van der Waals surface area (Å²) in [4.78, 5) is 12.1. The molecule has 2 atom stereocenters. The highest BCUT2D eigenvalue weighted by Crippen LogP contribution is 2.25. The molecule has 0 saturated carbocycles. The molecule has 0 aliphatic rings. The summed E-state index contributed by atoms with van der Waals surface area (Å²) in [6, 6.07) is 19.4. The fourth-order valence-electron chi connectivity index (χ4n) is 2.30. The summed E-state index contributed by atoms with van der Waals surface area (Å²) >= 11 is 0. The maximum atomic E-state index is 12.1. The number of hydrogen-bond donors (Lipinski definition) is 0. The number of methoxy groups -OCH3 is 1. The molecule has 114 valence electrons. The van der Waals surface area contributed by atoms with Gasteiger partial charge in [0.15, 0.2) is 6.10 Å². The molecule has 0 bridgehead atoms. The van der Waals surface area contributed by atoms with Crippen molar-refractivity contribution in [2.24, 2.45) is 0 Å². The van der Waals surface area contributed by atoms with Crippen LogP contribution < -0.4 is 0 Å². The van der Waals surface area contributed by atoms with E-state index in [1.807, 2.05) is 60.7 Å². The van der Waals surface area contributed by atoms with Gasteiger partial charge in [-0.1, -0.05) is 66.7 Å². The van der Waals surface area contributed by atoms with Crippen LogP contribution in [0.15, 0.2) is 73.3 Å². The highest BCUT2D eigenvalue weighted by atomic mass is 16.6. The fraction of sp³-hybridized carbons (Fsp3) is 0.211. The molecule has 0 N–H and O–H groups in total. The first kappa shape index (κ1) is 16.0. The molecule has 2 aromatic rings. The smallest absolute Gasteiger partial charge is 0.335 e. The zero-order chi connectivity index (χ0) is 15.8. The largest absolute Gasteiger partial charge is 0.467 e. The van der Waals surface area contributed by atoms with E-state index in [0.717, 1.165) is 11.1 Å². The van der Waals surface area contributed by atoms with E-state index < -0.39 is 12.1 Å². The van der Waals surface area contributed by atoms with E-state index in [9.17, 15) is 4.79 Å². The van der Waals surface area contributed by atoms with Crippen molar-refractivity contribution >= 4 is 5.97 Å². The number of esters is 1. The molecule has 0 radical (unpaired) electrons. The van der Waals surface area contributed by atoms with Crippen molar-refractivity contribution in [1.82, 2.24) is 0 Å². The summed E-state index contributed by atoms with van der Waals surface area (Å²) in [6.45, 7) is 4.19. The van der Waals surface area contributed by atoms with Gasteiger partial charge in [-0.25, -0.2) is 4.79 Å². The predicted octanol–water partition coefficient (Wildman–Crippen LogP) is 3.71. The van der Waals surface area contributed by atoms with E-state index in [4.69, 9.17) is 9.47 Å². The van der Waals surface area contributed by atoms with Crippen molar-refractivity contribution in [2.75, 3.05) is 7.11 Å². The van der Waals surface area contributed by atoms with Crippen molar-refractivity contribution in [3.05, 3.63) is 84.4 Å². The van der Waals surface area contributed by atoms with Gasteiger partial charge < -0.3 is 9.47 Å². The SMILES string of the molecule is C=C[C@H](c1ccccc1)[C@H](OCc1ccccc1)C(=O)OC. The second kappa shape index (κ2) is 8.15. The third-order valence-corrected chi connectivity index (χ3v) is 3.47. The maximum absolute atomic E-state index is 12.1. The van der Waals surface area contributed by atoms with Crippen molar-refractivity contribution < 1.29 is 14.3 Å². The molecule has 0 saturated heterocycles. The van der Waals surface area contributed by atoms with E-state index in [1.165, 1.54) is 7.11 Å². The minimum absolute atomic E-state index is 0.252. The molecule has 0 amide bonds. The number of rotatable bonds is 7. The Morgan fingerprint density at radius 1 is 1.09 bits per heavy atom. The predicted molar refractivity (Wildman–Crippen MR) is 86.4 cm³/mol. The molecule has 2 aromatic carbocycles. The summed E-state index contributed by atoms with van der Waals surface area (Å²) < 4.78 is 10.7. The van der Waals surface area contributed by atoms with Crippen molar-refractivity contribution in [1.29, 1.82) is 0 Å². The molecule has 0 fully saturated rings. The van der Waals surface area contributed by atoms with E-state index in [0.29, 0.717) is 6.61 Å². The molecule has 0 heterocycles.